The molecule has 1 N–H and O–H groups in total. The van der Waals surface area contributed by atoms with Gasteiger partial charge in [0.05, 0.1) is 37.2 Å². The number of anilines is 1. The highest BCUT2D eigenvalue weighted by Crippen LogP contribution is 2.45. The Morgan fingerprint density at radius 3 is 2.56 bits per heavy atom. The van der Waals surface area contributed by atoms with Gasteiger partial charge in [-0.1, -0.05) is 94.8 Å². The van der Waals surface area contributed by atoms with Gasteiger partial charge in [-0.15, -0.1) is 21.5 Å². The number of carbonyl (C=O) groups excluding carboxylic acids is 2. The molecule has 0 aliphatic carbocycles. The van der Waals surface area contributed by atoms with E-state index >= 15 is 0 Å². The smallest absolute Gasteiger partial charge is 0.296 e. The zero-order valence-corrected chi connectivity index (χ0v) is 25.6. The number of nitrogens with zero attached hydrogens (tertiary/aromatic N) is 4. The van der Waals surface area contributed by atoms with E-state index in [1.807, 2.05) is 18.2 Å². The number of ketones is 1. The van der Waals surface area contributed by atoms with E-state index in [9.17, 15) is 14.7 Å². The molecule has 5 aromatic rings. The Bertz CT molecular complexity index is 1880. The van der Waals surface area contributed by atoms with Gasteiger partial charge in [-0.3, -0.25) is 14.5 Å². The fourth-order valence-corrected chi connectivity index (χ4v) is 7.86. The number of carbonyl (C=O) groups is 2. The van der Waals surface area contributed by atoms with Crippen molar-refractivity contribution in [1.29, 1.82) is 0 Å². The number of hydrogen-bond acceptors (Lipinski definition) is 9. The highest BCUT2D eigenvalue weighted by Gasteiger charge is 2.46. The molecular weight excluding hydrogens is 619 g/mol. The Labute approximate surface area is 257 Å². The second kappa shape index (κ2) is 11.2. The molecule has 3 heterocycles. The molecule has 0 spiro atoms. The molecule has 6 rings (SSSR count). The molecule has 1 unspecified atom stereocenters. The summed E-state index contributed by atoms with van der Waals surface area (Å²) in [6.45, 7) is 3.52. The summed E-state index contributed by atoms with van der Waals surface area (Å²) in [4.78, 5) is 33.3. The van der Waals surface area contributed by atoms with Gasteiger partial charge >= 0.3 is 0 Å². The molecule has 0 bridgehead atoms. The van der Waals surface area contributed by atoms with Crippen LogP contribution in [0.1, 0.15) is 37.5 Å². The van der Waals surface area contributed by atoms with Gasteiger partial charge in [-0.05, 0) is 47.9 Å². The lowest BCUT2D eigenvalue weighted by molar-refractivity contribution is -0.117. The first-order valence-corrected chi connectivity index (χ1v) is 15.7. The molecule has 12 heteroatoms. The minimum absolute atomic E-state index is 0.0692. The zero-order chi connectivity index (χ0) is 28.8. The summed E-state index contributed by atoms with van der Waals surface area (Å²) in [5.41, 5.74) is 2.11. The number of benzene rings is 3. The lowest BCUT2D eigenvalue weighted by atomic mass is 9.95. The van der Waals surface area contributed by atoms with Gasteiger partial charge in [-0.25, -0.2) is 4.98 Å². The van der Waals surface area contributed by atoms with Gasteiger partial charge < -0.3 is 5.11 Å². The van der Waals surface area contributed by atoms with Crippen LogP contribution in [-0.4, -0.2) is 32.0 Å². The van der Waals surface area contributed by atoms with Crippen LogP contribution >= 0.6 is 57.6 Å². The van der Waals surface area contributed by atoms with E-state index in [0.717, 1.165) is 16.3 Å². The van der Waals surface area contributed by atoms with Crippen molar-refractivity contribution < 1.29 is 14.7 Å². The number of halogens is 2. The number of hydrogen-bond donors (Lipinski definition) is 1. The fraction of sp³-hybridized carbons (Fsp3) is 0.138. The first kappa shape index (κ1) is 27.9. The number of rotatable bonds is 7. The zero-order valence-electron chi connectivity index (χ0n) is 21.6. The summed E-state index contributed by atoms with van der Waals surface area (Å²) in [6, 6.07) is 18.2. The Morgan fingerprint density at radius 2 is 1.80 bits per heavy atom. The van der Waals surface area contributed by atoms with Crippen LogP contribution in [0.2, 0.25) is 10.0 Å². The average Bonchev–Trinajstić information content (AvgIpc) is 3.64. The second-order valence-corrected chi connectivity index (χ2v) is 13.5. The van der Waals surface area contributed by atoms with E-state index in [1.165, 1.54) is 39.3 Å². The predicted molar refractivity (Wildman–Crippen MR) is 166 cm³/mol. The minimum Gasteiger partial charge on any atom is -0.503 e. The number of aliphatic hydroxyl groups is 1. The summed E-state index contributed by atoms with van der Waals surface area (Å²) in [5.74, 6) is -1.22. The number of amides is 1. The molecule has 0 fully saturated rings. The molecule has 0 radical (unpaired) electrons. The van der Waals surface area contributed by atoms with Gasteiger partial charge in [0.25, 0.3) is 5.91 Å². The Balaban J connectivity index is 1.36. The van der Waals surface area contributed by atoms with Crippen molar-refractivity contribution in [2.45, 2.75) is 30.0 Å². The Kier molecular flexibility index (Phi) is 7.60. The molecule has 41 heavy (non-hydrogen) atoms. The molecule has 2 aromatic heterocycles. The van der Waals surface area contributed by atoms with Crippen LogP contribution in [-0.2, 0) is 10.5 Å². The normalized spacial score (nSPS) is 15.4. The largest absolute Gasteiger partial charge is 0.503 e. The van der Waals surface area contributed by atoms with Crippen LogP contribution in [0.4, 0.5) is 5.13 Å². The number of thioether (sulfide) groups is 1. The van der Waals surface area contributed by atoms with E-state index in [-0.39, 0.29) is 15.7 Å². The van der Waals surface area contributed by atoms with Crippen LogP contribution in [0.3, 0.4) is 0 Å². The average molecular weight is 640 g/mol. The van der Waals surface area contributed by atoms with E-state index in [2.05, 4.69) is 39.4 Å². The quantitative estimate of drug-likeness (QED) is 0.109. The molecule has 1 aliphatic rings. The van der Waals surface area contributed by atoms with E-state index in [0.29, 0.717) is 36.3 Å². The van der Waals surface area contributed by atoms with Gasteiger partial charge in [0.1, 0.15) is 0 Å². The van der Waals surface area contributed by atoms with Crippen LogP contribution < -0.4 is 4.90 Å². The number of aliphatic hydroxyl groups excluding tert-OH is 1. The van der Waals surface area contributed by atoms with Crippen molar-refractivity contribution in [3.8, 4) is 0 Å². The molecular formula is C29H20Cl2N4O3S3. The summed E-state index contributed by atoms with van der Waals surface area (Å²) in [6.07, 6.45) is 0. The molecule has 0 saturated carbocycles. The SMILES string of the molecule is Cc1nc(C)c(C(=O)C2=C(O)C(=O)N(c3nnc(SCc4cccc5ccccc45)s3)C2c2ccc(Cl)c(Cl)c2)s1. The molecule has 206 valence electrons. The third-order valence-corrected chi connectivity index (χ3v) is 10.6. The first-order chi connectivity index (χ1) is 19.7. The number of fused-ring (bicyclic) bond motifs is 1. The monoisotopic (exact) mass is 638 g/mol. The summed E-state index contributed by atoms with van der Waals surface area (Å²) >= 11 is 16.4. The topological polar surface area (TPSA) is 96.3 Å². The maximum atomic E-state index is 13.8. The summed E-state index contributed by atoms with van der Waals surface area (Å²) < 4.78 is 0.641. The van der Waals surface area contributed by atoms with Crippen molar-refractivity contribution in [2.24, 2.45) is 0 Å². The predicted octanol–water partition coefficient (Wildman–Crippen LogP) is 8.15. The van der Waals surface area contributed by atoms with E-state index in [1.54, 1.807) is 32.0 Å². The van der Waals surface area contributed by atoms with Crippen molar-refractivity contribution in [3.05, 3.63) is 109 Å². The molecule has 1 atom stereocenters. The number of thiazole rings is 1. The van der Waals surface area contributed by atoms with Crippen LogP contribution in [0.5, 0.6) is 0 Å². The first-order valence-electron chi connectivity index (χ1n) is 12.4. The molecule has 0 saturated heterocycles. The minimum atomic E-state index is -0.990. The molecule has 3 aromatic carbocycles. The Hall–Kier alpha value is -3.28. The van der Waals surface area contributed by atoms with Crippen molar-refractivity contribution in [3.63, 3.8) is 0 Å². The van der Waals surface area contributed by atoms with Gasteiger partial charge in [-0.2, -0.15) is 0 Å². The highest BCUT2D eigenvalue weighted by atomic mass is 35.5. The highest BCUT2D eigenvalue weighted by molar-refractivity contribution is 8.00. The maximum absolute atomic E-state index is 13.8. The van der Waals surface area contributed by atoms with Crippen molar-refractivity contribution in [1.82, 2.24) is 15.2 Å². The standard InChI is InChI=1S/C29H20Cl2N4O3S3/c1-14-26(40-15(2)32-14)24(36)22-23(17-10-11-20(30)21(31)12-17)35(27(38)25(22)37)28-33-34-29(41-28)39-13-18-8-5-7-16-6-3-4-9-19(16)18/h3-12,23,37H,13H2,1-2H3. The molecule has 7 nitrogen and oxygen atoms in total. The van der Waals surface area contributed by atoms with E-state index in [4.69, 9.17) is 23.2 Å². The van der Waals surface area contributed by atoms with E-state index < -0.39 is 23.5 Å². The summed E-state index contributed by atoms with van der Waals surface area (Å²) in [7, 11) is 0. The lowest BCUT2D eigenvalue weighted by Gasteiger charge is -2.24. The molecule has 1 amide bonds. The summed E-state index contributed by atoms with van der Waals surface area (Å²) in [5, 5.41) is 23.5. The number of Topliss-reactive ketones (excluding diaryl/α,β-unsaturated/α-hetero) is 1. The molecule has 1 aliphatic heterocycles. The van der Waals surface area contributed by atoms with Crippen molar-refractivity contribution in [2.75, 3.05) is 4.90 Å². The second-order valence-electron chi connectivity index (χ2n) is 9.27. The third kappa shape index (κ3) is 5.15. The third-order valence-electron chi connectivity index (χ3n) is 6.65. The van der Waals surface area contributed by atoms with Crippen LogP contribution in [0.25, 0.3) is 10.8 Å². The van der Waals surface area contributed by atoms with Crippen molar-refractivity contribution >= 4 is 85.2 Å². The van der Waals surface area contributed by atoms with Crippen LogP contribution in [0, 0.1) is 13.8 Å². The lowest BCUT2D eigenvalue weighted by Crippen LogP contribution is -2.31. The van der Waals surface area contributed by atoms with Crippen LogP contribution in [0.15, 0.2) is 76.3 Å². The fourth-order valence-electron chi connectivity index (χ4n) is 4.81. The van der Waals surface area contributed by atoms with Gasteiger partial charge in [0.15, 0.2) is 10.1 Å². The Morgan fingerprint density at radius 1 is 1.02 bits per heavy atom. The van der Waals surface area contributed by atoms with Gasteiger partial charge in [0, 0.05) is 5.75 Å². The number of aryl methyl sites for hydroxylation is 2. The number of aromatic nitrogens is 3. The maximum Gasteiger partial charge on any atom is 0.296 e. The van der Waals surface area contributed by atoms with Gasteiger partial charge in [0.2, 0.25) is 10.9 Å².